The average Bonchev–Trinajstić information content (AvgIpc) is 2.48. The molecule has 0 heterocycles. The maximum atomic E-state index is 11.9. The average molecular weight is 273 g/mol. The first kappa shape index (κ1) is 14.3. The van der Waals surface area contributed by atoms with Crippen LogP contribution < -0.4 is 5.32 Å². The van der Waals surface area contributed by atoms with Gasteiger partial charge in [0.25, 0.3) is 5.91 Å². The molecule has 0 aromatic heterocycles. The topological polar surface area (TPSA) is 66.4 Å². The smallest absolute Gasteiger partial charge is 0.335 e. The summed E-state index contributed by atoms with van der Waals surface area (Å²) in [5, 5.41) is 11.7. The fourth-order valence-corrected chi connectivity index (χ4v) is 2.33. The predicted octanol–water partition coefficient (Wildman–Crippen LogP) is 3.01. The van der Waals surface area contributed by atoms with Crippen LogP contribution in [0.5, 0.6) is 0 Å². The standard InChI is InChI=1S/C16H19NO3/c18-15(13-6-8-14(9-7-13)16(19)20)17-11-10-12-4-2-1-3-5-12/h4,6-9H,1-3,5,10-11H2,(H,17,18)(H,19,20). The van der Waals surface area contributed by atoms with Gasteiger partial charge in [-0.05, 0) is 56.4 Å². The molecule has 0 saturated carbocycles. The van der Waals surface area contributed by atoms with Gasteiger partial charge in [0.1, 0.15) is 0 Å². The normalized spacial score (nSPS) is 14.5. The lowest BCUT2D eigenvalue weighted by molar-refractivity contribution is 0.0696. The van der Waals surface area contributed by atoms with E-state index in [4.69, 9.17) is 5.11 Å². The minimum absolute atomic E-state index is 0.154. The van der Waals surface area contributed by atoms with Crippen LogP contribution in [0.1, 0.15) is 52.8 Å². The number of amides is 1. The van der Waals surface area contributed by atoms with E-state index < -0.39 is 5.97 Å². The van der Waals surface area contributed by atoms with Crippen LogP contribution >= 0.6 is 0 Å². The van der Waals surface area contributed by atoms with Crippen molar-refractivity contribution in [2.45, 2.75) is 32.1 Å². The quantitative estimate of drug-likeness (QED) is 0.810. The molecule has 1 aliphatic rings. The Morgan fingerprint density at radius 1 is 1.10 bits per heavy atom. The van der Waals surface area contributed by atoms with E-state index >= 15 is 0 Å². The lowest BCUT2D eigenvalue weighted by atomic mass is 9.97. The van der Waals surface area contributed by atoms with Gasteiger partial charge in [0.05, 0.1) is 5.56 Å². The number of allylic oxidation sites excluding steroid dienone is 1. The summed E-state index contributed by atoms with van der Waals surface area (Å²) in [6, 6.07) is 5.97. The van der Waals surface area contributed by atoms with Gasteiger partial charge in [0.15, 0.2) is 0 Å². The second-order valence-corrected chi connectivity index (χ2v) is 5.00. The van der Waals surface area contributed by atoms with Crippen LogP contribution in [0.2, 0.25) is 0 Å². The zero-order chi connectivity index (χ0) is 14.4. The van der Waals surface area contributed by atoms with Crippen LogP contribution in [-0.4, -0.2) is 23.5 Å². The van der Waals surface area contributed by atoms with Gasteiger partial charge in [0.2, 0.25) is 0 Å². The molecule has 0 bridgehead atoms. The van der Waals surface area contributed by atoms with Gasteiger partial charge in [0, 0.05) is 12.1 Å². The number of carboxylic acid groups (broad SMARTS) is 1. The summed E-state index contributed by atoms with van der Waals surface area (Å²) in [5.74, 6) is -1.14. The second-order valence-electron chi connectivity index (χ2n) is 5.00. The molecule has 0 saturated heterocycles. The van der Waals surface area contributed by atoms with Gasteiger partial charge in [-0.3, -0.25) is 4.79 Å². The maximum Gasteiger partial charge on any atom is 0.335 e. The highest BCUT2D eigenvalue weighted by Crippen LogP contribution is 2.19. The highest BCUT2D eigenvalue weighted by molar-refractivity contribution is 5.95. The van der Waals surface area contributed by atoms with Crippen LogP contribution in [0.3, 0.4) is 0 Å². The van der Waals surface area contributed by atoms with E-state index in [-0.39, 0.29) is 11.5 Å². The molecular formula is C16H19NO3. The third kappa shape index (κ3) is 3.95. The Morgan fingerprint density at radius 3 is 2.40 bits per heavy atom. The van der Waals surface area contributed by atoms with Crippen molar-refractivity contribution < 1.29 is 14.7 Å². The molecule has 1 amide bonds. The molecule has 0 spiro atoms. The number of carbonyl (C=O) groups excluding carboxylic acids is 1. The molecule has 4 heteroatoms. The van der Waals surface area contributed by atoms with Crippen molar-refractivity contribution in [3.63, 3.8) is 0 Å². The lowest BCUT2D eigenvalue weighted by Gasteiger charge is -2.13. The summed E-state index contributed by atoms with van der Waals surface area (Å²) in [7, 11) is 0. The predicted molar refractivity (Wildman–Crippen MR) is 76.9 cm³/mol. The van der Waals surface area contributed by atoms with Crippen molar-refractivity contribution in [3.8, 4) is 0 Å². The molecule has 20 heavy (non-hydrogen) atoms. The van der Waals surface area contributed by atoms with E-state index in [1.54, 1.807) is 12.1 Å². The number of nitrogens with one attached hydrogen (secondary N) is 1. The molecule has 106 valence electrons. The van der Waals surface area contributed by atoms with E-state index in [9.17, 15) is 9.59 Å². The van der Waals surface area contributed by atoms with Gasteiger partial charge in [-0.2, -0.15) is 0 Å². The third-order valence-corrected chi connectivity index (χ3v) is 3.51. The van der Waals surface area contributed by atoms with Crippen molar-refractivity contribution >= 4 is 11.9 Å². The Morgan fingerprint density at radius 2 is 1.80 bits per heavy atom. The van der Waals surface area contributed by atoms with Crippen LogP contribution in [0.4, 0.5) is 0 Å². The van der Waals surface area contributed by atoms with E-state index in [2.05, 4.69) is 11.4 Å². The highest BCUT2D eigenvalue weighted by atomic mass is 16.4. The van der Waals surface area contributed by atoms with Gasteiger partial charge in [-0.15, -0.1) is 0 Å². The number of hydrogen-bond acceptors (Lipinski definition) is 2. The van der Waals surface area contributed by atoms with Crippen LogP contribution in [-0.2, 0) is 0 Å². The van der Waals surface area contributed by atoms with E-state index in [1.807, 2.05) is 0 Å². The molecular weight excluding hydrogens is 254 g/mol. The van der Waals surface area contributed by atoms with Crippen molar-refractivity contribution in [2.75, 3.05) is 6.54 Å². The molecule has 0 aliphatic heterocycles. The summed E-state index contributed by atoms with van der Waals surface area (Å²) >= 11 is 0. The molecule has 0 fully saturated rings. The SMILES string of the molecule is O=C(O)c1ccc(C(=O)NCCC2=CCCCC2)cc1. The Labute approximate surface area is 118 Å². The molecule has 1 aliphatic carbocycles. The summed E-state index contributed by atoms with van der Waals surface area (Å²) in [4.78, 5) is 22.6. The number of benzene rings is 1. The van der Waals surface area contributed by atoms with Gasteiger partial charge in [-0.25, -0.2) is 4.79 Å². The molecule has 2 N–H and O–H groups in total. The Balaban J connectivity index is 1.82. The number of carbonyl (C=O) groups is 2. The van der Waals surface area contributed by atoms with Crippen LogP contribution in [0.15, 0.2) is 35.9 Å². The maximum absolute atomic E-state index is 11.9. The number of hydrogen-bond donors (Lipinski definition) is 2. The summed E-state index contributed by atoms with van der Waals surface area (Å²) in [6.45, 7) is 0.630. The van der Waals surface area contributed by atoms with E-state index in [0.29, 0.717) is 12.1 Å². The minimum Gasteiger partial charge on any atom is -0.478 e. The summed E-state index contributed by atoms with van der Waals surface area (Å²) in [6.07, 6.45) is 7.99. The fourth-order valence-electron chi connectivity index (χ4n) is 2.33. The minimum atomic E-state index is -0.985. The van der Waals surface area contributed by atoms with Crippen molar-refractivity contribution in [3.05, 3.63) is 47.0 Å². The first-order chi connectivity index (χ1) is 9.66. The first-order valence-electron chi connectivity index (χ1n) is 6.96. The highest BCUT2D eigenvalue weighted by Gasteiger charge is 2.08. The number of rotatable bonds is 5. The fraction of sp³-hybridized carbons (Fsp3) is 0.375. The number of aromatic carboxylic acids is 1. The number of carboxylic acids is 1. The molecule has 0 radical (unpaired) electrons. The largest absolute Gasteiger partial charge is 0.478 e. The molecule has 1 aromatic carbocycles. The van der Waals surface area contributed by atoms with Gasteiger partial charge in [-0.1, -0.05) is 11.6 Å². The Hall–Kier alpha value is -2.10. The Bertz CT molecular complexity index is 517. The first-order valence-corrected chi connectivity index (χ1v) is 6.96. The second kappa shape index (κ2) is 6.89. The van der Waals surface area contributed by atoms with Crippen molar-refractivity contribution in [1.29, 1.82) is 0 Å². The summed E-state index contributed by atoms with van der Waals surface area (Å²) < 4.78 is 0. The van der Waals surface area contributed by atoms with Crippen LogP contribution in [0, 0.1) is 0 Å². The molecule has 0 unspecified atom stereocenters. The zero-order valence-corrected chi connectivity index (χ0v) is 11.4. The van der Waals surface area contributed by atoms with Gasteiger partial charge >= 0.3 is 5.97 Å². The molecule has 0 atom stereocenters. The zero-order valence-electron chi connectivity index (χ0n) is 11.4. The van der Waals surface area contributed by atoms with Gasteiger partial charge < -0.3 is 10.4 Å². The summed E-state index contributed by atoms with van der Waals surface area (Å²) in [5.41, 5.74) is 2.11. The molecule has 1 aromatic rings. The van der Waals surface area contributed by atoms with E-state index in [1.165, 1.54) is 30.5 Å². The lowest BCUT2D eigenvalue weighted by Crippen LogP contribution is -2.24. The van der Waals surface area contributed by atoms with Crippen molar-refractivity contribution in [1.82, 2.24) is 5.32 Å². The van der Waals surface area contributed by atoms with Crippen LogP contribution in [0.25, 0.3) is 0 Å². The molecule has 4 nitrogen and oxygen atoms in total. The monoisotopic (exact) mass is 273 g/mol. The van der Waals surface area contributed by atoms with E-state index in [0.717, 1.165) is 19.3 Å². The van der Waals surface area contributed by atoms with Crippen molar-refractivity contribution in [2.24, 2.45) is 0 Å². The third-order valence-electron chi connectivity index (χ3n) is 3.51. The molecule has 2 rings (SSSR count). The Kier molecular flexibility index (Phi) is 4.93.